The first-order valence-corrected chi connectivity index (χ1v) is 5.04. The fraction of sp³-hybridized carbons (Fsp3) is 0.625. The van der Waals surface area contributed by atoms with Crippen LogP contribution in [-0.2, 0) is 6.54 Å². The second kappa shape index (κ2) is 6.19. The molecule has 102 valence electrons. The SMILES string of the molecule is N/C(=N/O)C(CNCCn1ccnn1)C(F)(F)F. The third-order valence-corrected chi connectivity index (χ3v) is 2.21. The Bertz CT molecular complexity index is 377. The monoisotopic (exact) mass is 266 g/mol. The molecule has 10 heteroatoms. The summed E-state index contributed by atoms with van der Waals surface area (Å²) in [6.45, 7) is 0.170. The van der Waals surface area contributed by atoms with Crippen molar-refractivity contribution in [3.05, 3.63) is 12.4 Å². The molecule has 0 aromatic carbocycles. The lowest BCUT2D eigenvalue weighted by Gasteiger charge is -2.19. The second-order valence-corrected chi connectivity index (χ2v) is 3.49. The highest BCUT2D eigenvalue weighted by atomic mass is 19.4. The Morgan fingerprint density at radius 2 is 2.28 bits per heavy atom. The Labute approximate surface area is 100 Å². The second-order valence-electron chi connectivity index (χ2n) is 3.49. The van der Waals surface area contributed by atoms with Crippen molar-refractivity contribution in [2.24, 2.45) is 16.8 Å². The topological polar surface area (TPSA) is 101 Å². The molecule has 0 saturated heterocycles. The minimum absolute atomic E-state index is 0.259. The summed E-state index contributed by atoms with van der Waals surface area (Å²) in [6.07, 6.45) is -1.50. The Morgan fingerprint density at radius 1 is 1.56 bits per heavy atom. The quantitative estimate of drug-likeness (QED) is 0.217. The van der Waals surface area contributed by atoms with Gasteiger partial charge in [0.15, 0.2) is 5.84 Å². The molecule has 7 nitrogen and oxygen atoms in total. The molecule has 0 aliphatic heterocycles. The van der Waals surface area contributed by atoms with Crippen LogP contribution >= 0.6 is 0 Å². The highest BCUT2D eigenvalue weighted by Crippen LogP contribution is 2.25. The van der Waals surface area contributed by atoms with Crippen molar-refractivity contribution < 1.29 is 18.4 Å². The van der Waals surface area contributed by atoms with Gasteiger partial charge in [0.25, 0.3) is 0 Å². The van der Waals surface area contributed by atoms with Gasteiger partial charge < -0.3 is 16.3 Å². The standard InChI is InChI=1S/C8H13F3N6O/c9-8(10,11)6(7(12)15-18)5-13-1-3-17-4-2-14-16-17/h2,4,6,13,18H,1,3,5H2,(H2,12,15). The van der Waals surface area contributed by atoms with E-state index in [1.54, 1.807) is 6.20 Å². The van der Waals surface area contributed by atoms with Crippen LogP contribution in [0.3, 0.4) is 0 Å². The fourth-order valence-corrected chi connectivity index (χ4v) is 1.25. The van der Waals surface area contributed by atoms with E-state index in [0.29, 0.717) is 6.54 Å². The molecule has 0 amide bonds. The molecule has 0 radical (unpaired) electrons. The van der Waals surface area contributed by atoms with Crippen molar-refractivity contribution in [1.29, 1.82) is 0 Å². The maximum atomic E-state index is 12.5. The number of nitrogens with two attached hydrogens (primary N) is 1. The molecule has 1 atom stereocenters. The first kappa shape index (κ1) is 14.2. The molecule has 0 saturated carbocycles. The summed E-state index contributed by atoms with van der Waals surface area (Å²) in [5.41, 5.74) is 4.99. The molecule has 0 bridgehead atoms. The van der Waals surface area contributed by atoms with Crippen LogP contribution in [0.4, 0.5) is 13.2 Å². The van der Waals surface area contributed by atoms with E-state index in [4.69, 9.17) is 10.9 Å². The number of nitrogens with one attached hydrogen (secondary N) is 1. The van der Waals surface area contributed by atoms with Gasteiger partial charge in [0.2, 0.25) is 0 Å². The Balaban J connectivity index is 2.39. The number of rotatable bonds is 6. The highest BCUT2D eigenvalue weighted by Gasteiger charge is 2.42. The molecule has 0 spiro atoms. The highest BCUT2D eigenvalue weighted by molar-refractivity contribution is 5.83. The van der Waals surface area contributed by atoms with Crippen LogP contribution in [0.15, 0.2) is 17.5 Å². The Kier molecular flexibility index (Phi) is 4.89. The largest absolute Gasteiger partial charge is 0.409 e. The molecule has 0 fully saturated rings. The first-order chi connectivity index (χ1) is 8.45. The minimum Gasteiger partial charge on any atom is -0.409 e. The lowest BCUT2D eigenvalue weighted by atomic mass is 10.1. The molecular formula is C8H13F3N6O. The van der Waals surface area contributed by atoms with E-state index in [9.17, 15) is 13.2 Å². The summed E-state index contributed by atoms with van der Waals surface area (Å²) < 4.78 is 39.0. The van der Waals surface area contributed by atoms with Gasteiger partial charge in [0.1, 0.15) is 5.92 Å². The average Bonchev–Trinajstić information content (AvgIpc) is 2.79. The van der Waals surface area contributed by atoms with Crippen LogP contribution in [0.5, 0.6) is 0 Å². The van der Waals surface area contributed by atoms with Crippen LogP contribution in [0, 0.1) is 5.92 Å². The van der Waals surface area contributed by atoms with Crippen LogP contribution < -0.4 is 11.1 Å². The van der Waals surface area contributed by atoms with Gasteiger partial charge in [0, 0.05) is 19.3 Å². The van der Waals surface area contributed by atoms with E-state index < -0.39 is 24.5 Å². The minimum atomic E-state index is -4.56. The zero-order valence-corrected chi connectivity index (χ0v) is 9.30. The van der Waals surface area contributed by atoms with Crippen molar-refractivity contribution in [3.8, 4) is 0 Å². The predicted octanol–water partition coefficient (Wildman–Crippen LogP) is -0.207. The van der Waals surface area contributed by atoms with Gasteiger partial charge in [-0.05, 0) is 0 Å². The van der Waals surface area contributed by atoms with Gasteiger partial charge in [0.05, 0.1) is 12.7 Å². The van der Waals surface area contributed by atoms with Gasteiger partial charge in [-0.15, -0.1) is 5.10 Å². The van der Waals surface area contributed by atoms with E-state index >= 15 is 0 Å². The number of alkyl halides is 3. The van der Waals surface area contributed by atoms with Crippen molar-refractivity contribution in [2.45, 2.75) is 12.7 Å². The summed E-state index contributed by atoms with van der Waals surface area (Å²) in [5, 5.41) is 20.4. The van der Waals surface area contributed by atoms with Gasteiger partial charge in [-0.3, -0.25) is 4.68 Å². The summed E-state index contributed by atoms with van der Waals surface area (Å²) in [4.78, 5) is 0. The smallest absolute Gasteiger partial charge is 0.400 e. The fourth-order valence-electron chi connectivity index (χ4n) is 1.25. The van der Waals surface area contributed by atoms with Gasteiger partial charge in [-0.1, -0.05) is 10.4 Å². The van der Waals surface area contributed by atoms with Crippen molar-refractivity contribution in [2.75, 3.05) is 13.1 Å². The molecule has 1 heterocycles. The molecule has 0 aliphatic carbocycles. The van der Waals surface area contributed by atoms with Crippen LogP contribution in [0.25, 0.3) is 0 Å². The molecule has 1 unspecified atom stereocenters. The van der Waals surface area contributed by atoms with Crippen molar-refractivity contribution in [3.63, 3.8) is 0 Å². The number of nitrogens with zero attached hydrogens (tertiary/aromatic N) is 4. The molecule has 18 heavy (non-hydrogen) atoms. The number of hydrogen-bond acceptors (Lipinski definition) is 5. The zero-order chi connectivity index (χ0) is 13.6. The lowest BCUT2D eigenvalue weighted by Crippen LogP contribution is -2.43. The third kappa shape index (κ3) is 4.20. The predicted molar refractivity (Wildman–Crippen MR) is 55.8 cm³/mol. The van der Waals surface area contributed by atoms with Gasteiger partial charge >= 0.3 is 6.18 Å². The molecule has 4 N–H and O–H groups in total. The van der Waals surface area contributed by atoms with E-state index in [1.165, 1.54) is 10.9 Å². The van der Waals surface area contributed by atoms with Crippen molar-refractivity contribution in [1.82, 2.24) is 20.3 Å². The first-order valence-electron chi connectivity index (χ1n) is 5.04. The number of aromatic nitrogens is 3. The number of amidine groups is 1. The summed E-state index contributed by atoms with van der Waals surface area (Å²) in [7, 11) is 0. The van der Waals surface area contributed by atoms with E-state index in [0.717, 1.165) is 0 Å². The zero-order valence-electron chi connectivity index (χ0n) is 9.30. The van der Waals surface area contributed by atoms with E-state index in [-0.39, 0.29) is 6.54 Å². The number of halogens is 3. The lowest BCUT2D eigenvalue weighted by molar-refractivity contribution is -0.154. The molecule has 1 rings (SSSR count). The maximum Gasteiger partial charge on any atom is 0.400 e. The average molecular weight is 266 g/mol. The van der Waals surface area contributed by atoms with Crippen LogP contribution in [0.2, 0.25) is 0 Å². The van der Waals surface area contributed by atoms with Gasteiger partial charge in [-0.2, -0.15) is 13.2 Å². The van der Waals surface area contributed by atoms with Crippen LogP contribution in [-0.4, -0.2) is 45.3 Å². The van der Waals surface area contributed by atoms with E-state index in [2.05, 4.69) is 20.8 Å². The van der Waals surface area contributed by atoms with Crippen molar-refractivity contribution >= 4 is 5.84 Å². The molecular weight excluding hydrogens is 253 g/mol. The Morgan fingerprint density at radius 3 is 2.78 bits per heavy atom. The summed E-state index contributed by atoms with van der Waals surface area (Å²) in [6, 6.07) is 0. The normalized spacial score (nSPS) is 14.7. The summed E-state index contributed by atoms with van der Waals surface area (Å²) >= 11 is 0. The Hall–Kier alpha value is -1.84. The maximum absolute atomic E-state index is 12.5. The summed E-state index contributed by atoms with van der Waals surface area (Å²) in [5.74, 6) is -2.88. The van der Waals surface area contributed by atoms with Crippen LogP contribution in [0.1, 0.15) is 0 Å². The third-order valence-electron chi connectivity index (χ3n) is 2.21. The molecule has 1 aromatic heterocycles. The molecule has 0 aliphatic rings. The number of hydrogen-bond donors (Lipinski definition) is 3. The molecule has 1 aromatic rings. The van der Waals surface area contributed by atoms with Gasteiger partial charge in [-0.25, -0.2) is 0 Å². The van der Waals surface area contributed by atoms with E-state index in [1.807, 2.05) is 0 Å². The number of oxime groups is 1.